The first-order chi connectivity index (χ1) is 10.8. The average Bonchev–Trinajstić information content (AvgIpc) is 3.08. The first-order valence-corrected chi connectivity index (χ1v) is 6.42. The van der Waals surface area contributed by atoms with Gasteiger partial charge in [-0.25, -0.2) is 4.98 Å². The number of carbonyl (C=O) groups is 1. The minimum Gasteiger partial charge on any atom is -0.497 e. The number of nitrogens with zero attached hydrogens (tertiary/aromatic N) is 4. The summed E-state index contributed by atoms with van der Waals surface area (Å²) in [5.74, 6) is 0.167. The van der Waals surface area contributed by atoms with E-state index in [4.69, 9.17) is 4.74 Å². The molecule has 2 heterocycles. The van der Waals surface area contributed by atoms with E-state index in [-0.39, 0.29) is 11.6 Å². The van der Waals surface area contributed by atoms with Gasteiger partial charge in [0, 0.05) is 17.7 Å². The average molecular weight is 296 g/mol. The number of benzene rings is 1. The highest BCUT2D eigenvalue weighted by atomic mass is 16.5. The predicted octanol–water partition coefficient (Wildman–Crippen LogP) is 1.52. The fourth-order valence-corrected chi connectivity index (χ4v) is 1.88. The van der Waals surface area contributed by atoms with Crippen molar-refractivity contribution in [1.82, 2.24) is 25.6 Å². The summed E-state index contributed by atoms with van der Waals surface area (Å²) in [7, 11) is 1.53. The van der Waals surface area contributed by atoms with Gasteiger partial charge in [-0.3, -0.25) is 10.1 Å². The highest BCUT2D eigenvalue weighted by molar-refractivity contribution is 6.02. The summed E-state index contributed by atoms with van der Waals surface area (Å²) < 4.78 is 5.23. The van der Waals surface area contributed by atoms with E-state index in [0.717, 1.165) is 5.56 Å². The Morgan fingerprint density at radius 3 is 2.73 bits per heavy atom. The van der Waals surface area contributed by atoms with Crippen molar-refractivity contribution in [3.05, 3.63) is 48.2 Å². The van der Waals surface area contributed by atoms with Gasteiger partial charge in [-0.15, -0.1) is 5.10 Å². The van der Waals surface area contributed by atoms with Crippen LogP contribution in [0, 0.1) is 0 Å². The lowest BCUT2D eigenvalue weighted by Gasteiger charge is -2.08. The van der Waals surface area contributed by atoms with Crippen LogP contribution in [0.15, 0.2) is 42.5 Å². The minimum atomic E-state index is -0.447. The Labute approximate surface area is 125 Å². The number of pyridine rings is 1. The van der Waals surface area contributed by atoms with Crippen LogP contribution in [0.25, 0.3) is 11.3 Å². The zero-order chi connectivity index (χ0) is 15.4. The molecule has 110 valence electrons. The fourth-order valence-electron chi connectivity index (χ4n) is 1.88. The molecule has 2 aromatic heterocycles. The highest BCUT2D eigenvalue weighted by Gasteiger charge is 2.14. The summed E-state index contributed by atoms with van der Waals surface area (Å²) in [5, 5.41) is 15.5. The number of anilines is 1. The van der Waals surface area contributed by atoms with Gasteiger partial charge in [0.2, 0.25) is 0 Å². The summed E-state index contributed by atoms with van der Waals surface area (Å²) in [6.07, 6.45) is 0. The molecule has 0 unspecified atom stereocenters. The van der Waals surface area contributed by atoms with Crippen molar-refractivity contribution in [1.29, 1.82) is 0 Å². The summed E-state index contributed by atoms with van der Waals surface area (Å²) in [5.41, 5.74) is 1.72. The number of tetrazole rings is 1. The van der Waals surface area contributed by atoms with Crippen molar-refractivity contribution in [2.24, 2.45) is 0 Å². The van der Waals surface area contributed by atoms with Crippen molar-refractivity contribution >= 4 is 11.9 Å². The number of H-pyrrole nitrogens is 1. The lowest BCUT2D eigenvalue weighted by Crippen LogP contribution is -2.15. The molecule has 1 amide bonds. The van der Waals surface area contributed by atoms with Crippen molar-refractivity contribution in [3.63, 3.8) is 0 Å². The van der Waals surface area contributed by atoms with Gasteiger partial charge in [0.25, 0.3) is 11.9 Å². The molecular weight excluding hydrogens is 284 g/mol. The maximum atomic E-state index is 12.2. The largest absolute Gasteiger partial charge is 0.497 e. The van der Waals surface area contributed by atoms with Crippen LogP contribution in [0.3, 0.4) is 0 Å². The van der Waals surface area contributed by atoms with E-state index in [1.807, 2.05) is 30.3 Å². The van der Waals surface area contributed by atoms with E-state index in [0.29, 0.717) is 11.4 Å². The molecule has 0 atom stereocenters. The molecule has 0 saturated carbocycles. The standard InChI is InChI=1S/C14H12N6O2/c1-22-10-7-11(9-5-3-2-4-6-9)15-12(8-10)13(21)16-14-17-19-20-18-14/h2-8H,1H3,(H2,16,17,18,19,20,21). The molecular formula is C14H12N6O2. The zero-order valence-corrected chi connectivity index (χ0v) is 11.6. The van der Waals surface area contributed by atoms with Crippen LogP contribution in [0.5, 0.6) is 5.75 Å². The van der Waals surface area contributed by atoms with Crippen LogP contribution in [0.1, 0.15) is 10.5 Å². The summed E-state index contributed by atoms with van der Waals surface area (Å²) in [6, 6.07) is 12.8. The second-order valence-corrected chi connectivity index (χ2v) is 4.33. The molecule has 0 aliphatic carbocycles. The second kappa shape index (κ2) is 6.00. The number of hydrogen-bond acceptors (Lipinski definition) is 6. The molecule has 0 spiro atoms. The Morgan fingerprint density at radius 2 is 2.05 bits per heavy atom. The third-order valence-electron chi connectivity index (χ3n) is 2.91. The Kier molecular flexibility index (Phi) is 3.73. The second-order valence-electron chi connectivity index (χ2n) is 4.33. The van der Waals surface area contributed by atoms with Crippen LogP contribution in [-0.2, 0) is 0 Å². The predicted molar refractivity (Wildman–Crippen MR) is 78.4 cm³/mol. The van der Waals surface area contributed by atoms with Gasteiger partial charge in [0.1, 0.15) is 11.4 Å². The minimum absolute atomic E-state index is 0.0795. The summed E-state index contributed by atoms with van der Waals surface area (Å²) in [4.78, 5) is 16.6. The van der Waals surface area contributed by atoms with Gasteiger partial charge in [-0.2, -0.15) is 5.21 Å². The van der Waals surface area contributed by atoms with E-state index in [1.54, 1.807) is 12.1 Å². The van der Waals surface area contributed by atoms with E-state index < -0.39 is 5.91 Å². The van der Waals surface area contributed by atoms with Crippen LogP contribution in [0.2, 0.25) is 0 Å². The van der Waals surface area contributed by atoms with Gasteiger partial charge in [0.15, 0.2) is 0 Å². The SMILES string of the molecule is COc1cc(C(=O)Nc2nn[nH]n2)nc(-c2ccccc2)c1. The van der Waals surface area contributed by atoms with E-state index >= 15 is 0 Å². The molecule has 0 fully saturated rings. The number of ether oxygens (including phenoxy) is 1. The number of carbonyl (C=O) groups excluding carboxylic acids is 1. The molecule has 8 nitrogen and oxygen atoms in total. The molecule has 22 heavy (non-hydrogen) atoms. The monoisotopic (exact) mass is 296 g/mol. The van der Waals surface area contributed by atoms with Crippen LogP contribution >= 0.6 is 0 Å². The lowest BCUT2D eigenvalue weighted by atomic mass is 10.1. The topological polar surface area (TPSA) is 106 Å². The zero-order valence-electron chi connectivity index (χ0n) is 11.6. The Balaban J connectivity index is 1.95. The van der Waals surface area contributed by atoms with Gasteiger partial charge in [-0.1, -0.05) is 35.4 Å². The molecule has 0 saturated heterocycles. The number of nitrogens with one attached hydrogen (secondary N) is 2. The third kappa shape index (κ3) is 2.90. The molecule has 3 rings (SSSR count). The molecule has 0 aliphatic heterocycles. The van der Waals surface area contributed by atoms with Gasteiger partial charge in [0.05, 0.1) is 12.8 Å². The number of aromatic amines is 1. The smallest absolute Gasteiger partial charge is 0.276 e. The van der Waals surface area contributed by atoms with Crippen molar-refractivity contribution in [3.8, 4) is 17.0 Å². The van der Waals surface area contributed by atoms with E-state index in [2.05, 4.69) is 30.9 Å². The molecule has 3 aromatic rings. The number of methoxy groups -OCH3 is 1. The molecule has 0 radical (unpaired) electrons. The van der Waals surface area contributed by atoms with Gasteiger partial charge >= 0.3 is 0 Å². The van der Waals surface area contributed by atoms with Crippen LogP contribution in [-0.4, -0.2) is 38.6 Å². The highest BCUT2D eigenvalue weighted by Crippen LogP contribution is 2.23. The lowest BCUT2D eigenvalue weighted by molar-refractivity contribution is 0.102. The Bertz CT molecular complexity index is 773. The van der Waals surface area contributed by atoms with Crippen molar-refractivity contribution < 1.29 is 9.53 Å². The quantitative estimate of drug-likeness (QED) is 0.756. The molecule has 2 N–H and O–H groups in total. The molecule has 0 bridgehead atoms. The Morgan fingerprint density at radius 1 is 1.23 bits per heavy atom. The van der Waals surface area contributed by atoms with Crippen LogP contribution in [0.4, 0.5) is 5.95 Å². The van der Waals surface area contributed by atoms with Gasteiger partial charge in [-0.05, 0) is 5.21 Å². The normalized spacial score (nSPS) is 10.2. The van der Waals surface area contributed by atoms with Crippen LogP contribution < -0.4 is 10.1 Å². The van der Waals surface area contributed by atoms with Crippen molar-refractivity contribution in [2.75, 3.05) is 12.4 Å². The third-order valence-corrected chi connectivity index (χ3v) is 2.91. The maximum absolute atomic E-state index is 12.2. The first-order valence-electron chi connectivity index (χ1n) is 6.42. The maximum Gasteiger partial charge on any atom is 0.276 e. The molecule has 8 heteroatoms. The van der Waals surface area contributed by atoms with E-state index in [1.165, 1.54) is 7.11 Å². The first kappa shape index (κ1) is 13.7. The van der Waals surface area contributed by atoms with E-state index in [9.17, 15) is 4.79 Å². The number of rotatable bonds is 4. The number of hydrogen-bond donors (Lipinski definition) is 2. The number of amides is 1. The van der Waals surface area contributed by atoms with Gasteiger partial charge < -0.3 is 4.74 Å². The molecule has 1 aromatic carbocycles. The van der Waals surface area contributed by atoms with Crippen molar-refractivity contribution in [2.45, 2.75) is 0 Å². The Hall–Kier alpha value is -3.29. The summed E-state index contributed by atoms with van der Waals surface area (Å²) >= 11 is 0. The fraction of sp³-hybridized carbons (Fsp3) is 0.0714. The molecule has 0 aliphatic rings. The summed E-state index contributed by atoms with van der Waals surface area (Å²) in [6.45, 7) is 0. The number of aromatic nitrogens is 5.